The molecule has 64 heavy (non-hydrogen) atoms. The van der Waals surface area contributed by atoms with Gasteiger partial charge in [-0.05, 0) is 35.5 Å². The molecule has 0 bridgehead atoms. The lowest BCUT2D eigenvalue weighted by Gasteiger charge is -2.30. The van der Waals surface area contributed by atoms with Crippen molar-refractivity contribution in [1.82, 2.24) is 44.4 Å². The van der Waals surface area contributed by atoms with E-state index >= 15 is 8.78 Å². The molecule has 8 rings (SSSR count). The highest BCUT2D eigenvalue weighted by Gasteiger charge is 2.54. The molecular formula is C36H43BF2N12O10P2S. The van der Waals surface area contributed by atoms with Gasteiger partial charge in [-0.2, -0.15) is 0 Å². The van der Waals surface area contributed by atoms with Crippen molar-refractivity contribution in [2.45, 2.75) is 94.0 Å². The van der Waals surface area contributed by atoms with Gasteiger partial charge in [0.05, 0.1) is 32.4 Å². The molecule has 4 aromatic heterocycles. The van der Waals surface area contributed by atoms with Gasteiger partial charge in [0.15, 0.2) is 47.7 Å². The van der Waals surface area contributed by atoms with Crippen LogP contribution in [0.2, 0.25) is 0 Å². The Morgan fingerprint density at radius 2 is 1.39 bits per heavy atom. The van der Waals surface area contributed by atoms with Gasteiger partial charge in [-0.25, -0.2) is 43.2 Å². The summed E-state index contributed by atoms with van der Waals surface area (Å²) in [6.45, 7) is -4.14. The summed E-state index contributed by atoms with van der Waals surface area (Å²) in [4.78, 5) is 49.1. The number of anilines is 3. The lowest BCUT2D eigenvalue weighted by Crippen LogP contribution is -2.37. The van der Waals surface area contributed by atoms with Crippen molar-refractivity contribution in [1.29, 1.82) is 0 Å². The molecule has 7 heterocycles. The van der Waals surface area contributed by atoms with E-state index in [1.165, 1.54) is 21.8 Å². The molecule has 6 N–H and O–H groups in total. The smallest absolute Gasteiger partial charge is 0.382 e. The molecule has 3 aliphatic heterocycles. The summed E-state index contributed by atoms with van der Waals surface area (Å²) in [6.07, 6.45) is -4.85. The van der Waals surface area contributed by atoms with E-state index in [9.17, 15) is 18.7 Å². The number of benzene rings is 1. The fraction of sp³-hybridized carbons (Fsp3) is 0.500. The second kappa shape index (κ2) is 19.4. The van der Waals surface area contributed by atoms with Crippen LogP contribution < -0.4 is 22.1 Å². The second-order valence-electron chi connectivity index (χ2n) is 15.0. The number of aromatic nitrogens is 8. The third-order valence-corrected chi connectivity index (χ3v) is 15.2. The Bertz CT molecular complexity index is 2590. The molecule has 3 aliphatic rings. The topological polar surface area (TPSA) is 287 Å². The van der Waals surface area contributed by atoms with E-state index < -0.39 is 82.6 Å². The molecule has 0 saturated carbocycles. The van der Waals surface area contributed by atoms with Crippen molar-refractivity contribution < 1.29 is 55.1 Å². The van der Waals surface area contributed by atoms with Gasteiger partial charge in [0.2, 0.25) is 19.4 Å². The number of carbonyl (C=O) groups excluding carboxylic acids is 2. The number of nitrogen functional groups attached to an aromatic ring is 2. The predicted octanol–water partition coefficient (Wildman–Crippen LogP) is 4.46. The van der Waals surface area contributed by atoms with E-state index in [0.29, 0.717) is 29.1 Å². The maximum atomic E-state index is 16.8. The number of fused-ring (bicyclic) bond motifs is 4. The molecule has 10 atom stereocenters. The first-order chi connectivity index (χ1) is 30.7. The molecule has 340 valence electrons. The van der Waals surface area contributed by atoms with Gasteiger partial charge in [-0.3, -0.25) is 32.3 Å². The highest BCUT2D eigenvalue weighted by Crippen LogP contribution is 2.65. The van der Waals surface area contributed by atoms with Crippen LogP contribution >= 0.6 is 25.7 Å². The van der Waals surface area contributed by atoms with E-state index in [4.69, 9.17) is 46.6 Å². The number of rotatable bonds is 13. The van der Waals surface area contributed by atoms with Crippen LogP contribution in [-0.4, -0.2) is 115 Å². The Morgan fingerprint density at radius 3 is 1.98 bits per heavy atom. The number of imidazole rings is 2. The number of unbranched alkanes of at least 4 members (excludes halogenated alkanes) is 3. The Hall–Kier alpha value is -4.65. The lowest BCUT2D eigenvalue weighted by atomic mass is 10.1. The molecule has 2 radical (unpaired) electrons. The van der Waals surface area contributed by atoms with Crippen molar-refractivity contribution in [3.05, 3.63) is 55.1 Å². The summed E-state index contributed by atoms with van der Waals surface area (Å²) in [5.41, 5.74) is 13.4. The number of nitrogens with two attached hydrogens (primary N) is 2. The van der Waals surface area contributed by atoms with Gasteiger partial charge in [-0.15, -0.1) is 0 Å². The molecule has 28 heteroatoms. The third kappa shape index (κ3) is 10.1. The van der Waals surface area contributed by atoms with E-state index in [-0.39, 0.29) is 52.2 Å². The summed E-state index contributed by atoms with van der Waals surface area (Å²) in [6, 6.07) is 6.49. The monoisotopic (exact) mass is 946 g/mol. The quantitative estimate of drug-likeness (QED) is 0.0720. The SMILES string of the molecule is [B][P@@]1(=O)OC[C@H]2O[C@@H](n3cnc4c(N)ncnc43)[C@H](F)[C@@H]2O[P@](=O)(SCc2ccc(NC(=O)CNC(=O)CCCCCC)cc2)OC[C@H]2O[C@@H](n3cnc4c(N)ncnc43)[C@H](F)[C@@H]2O1. The zero-order valence-corrected chi connectivity index (χ0v) is 36.7. The molecular weight excluding hydrogens is 903 g/mol. The highest BCUT2D eigenvalue weighted by molar-refractivity contribution is 8.54. The number of amides is 2. The largest absolute Gasteiger partial charge is 0.389 e. The molecule has 0 aliphatic carbocycles. The Morgan fingerprint density at radius 1 is 0.812 bits per heavy atom. The normalized spacial score (nSPS) is 29.7. The molecule has 5 aromatic rings. The van der Waals surface area contributed by atoms with E-state index in [0.717, 1.165) is 38.3 Å². The average Bonchev–Trinajstić information content (AvgIpc) is 4.04. The van der Waals surface area contributed by atoms with Gasteiger partial charge < -0.3 is 40.6 Å². The number of alkyl halides is 2. The Balaban J connectivity index is 1.02. The number of ether oxygens (including phenoxy) is 2. The predicted molar refractivity (Wildman–Crippen MR) is 228 cm³/mol. The maximum Gasteiger partial charge on any atom is 0.389 e. The minimum Gasteiger partial charge on any atom is -0.382 e. The zero-order chi connectivity index (χ0) is 45.2. The number of nitrogens with zero attached hydrogens (tertiary/aromatic N) is 8. The fourth-order valence-electron chi connectivity index (χ4n) is 7.28. The van der Waals surface area contributed by atoms with Crippen LogP contribution in [0.3, 0.4) is 0 Å². The zero-order valence-electron chi connectivity index (χ0n) is 34.1. The first kappa shape index (κ1) is 45.9. The van der Waals surface area contributed by atoms with Crippen LogP contribution in [0.5, 0.6) is 0 Å². The van der Waals surface area contributed by atoms with Crippen molar-refractivity contribution in [2.24, 2.45) is 0 Å². The van der Waals surface area contributed by atoms with Crippen LogP contribution in [0, 0.1) is 0 Å². The highest BCUT2D eigenvalue weighted by atomic mass is 32.7. The minimum atomic E-state index is -4.69. The number of halogens is 2. The molecule has 0 unspecified atom stereocenters. The number of carbonyl (C=O) groups is 2. The number of hydrogen-bond donors (Lipinski definition) is 4. The Kier molecular flexibility index (Phi) is 13.9. The number of nitrogens with one attached hydrogen (secondary N) is 2. The molecule has 22 nitrogen and oxygen atoms in total. The summed E-state index contributed by atoms with van der Waals surface area (Å²) >= 11 is 0.676. The minimum absolute atomic E-state index is 0.0194. The van der Waals surface area contributed by atoms with Gasteiger partial charge >= 0.3 is 6.80 Å². The van der Waals surface area contributed by atoms with Crippen molar-refractivity contribution in [3.8, 4) is 0 Å². The summed E-state index contributed by atoms with van der Waals surface area (Å²) in [5, 5.41) is 5.32. The van der Waals surface area contributed by atoms with Gasteiger partial charge in [0, 0.05) is 17.9 Å². The van der Waals surface area contributed by atoms with Gasteiger partial charge in [-0.1, -0.05) is 38.3 Å². The molecule has 3 saturated heterocycles. The summed E-state index contributed by atoms with van der Waals surface area (Å²) < 4.78 is 99.6. The van der Waals surface area contributed by atoms with Gasteiger partial charge in [0.25, 0.3) is 7.47 Å². The van der Waals surface area contributed by atoms with E-state index in [2.05, 4.69) is 47.5 Å². The first-order valence-electron chi connectivity index (χ1n) is 20.1. The second-order valence-corrected chi connectivity index (χ2v) is 20.6. The van der Waals surface area contributed by atoms with Crippen LogP contribution in [0.25, 0.3) is 22.3 Å². The van der Waals surface area contributed by atoms with Crippen molar-refractivity contribution in [2.75, 3.05) is 36.5 Å². The van der Waals surface area contributed by atoms with Crippen molar-refractivity contribution >= 4 is 84.7 Å². The van der Waals surface area contributed by atoms with Crippen molar-refractivity contribution in [3.63, 3.8) is 0 Å². The van der Waals surface area contributed by atoms with Gasteiger partial charge in [0.1, 0.15) is 48.1 Å². The molecule has 2 amide bonds. The average molecular weight is 947 g/mol. The fourth-order valence-corrected chi connectivity index (χ4v) is 11.7. The van der Waals surface area contributed by atoms with Crippen LogP contribution in [0.15, 0.2) is 49.6 Å². The first-order valence-corrected chi connectivity index (χ1v) is 24.9. The van der Waals surface area contributed by atoms with Crippen LogP contribution in [0.4, 0.5) is 26.1 Å². The Labute approximate surface area is 368 Å². The summed E-state index contributed by atoms with van der Waals surface area (Å²) in [5.74, 6) is -0.650. The molecule has 1 aromatic carbocycles. The van der Waals surface area contributed by atoms with E-state index in [1.54, 1.807) is 24.3 Å². The lowest BCUT2D eigenvalue weighted by molar-refractivity contribution is -0.124. The maximum absolute atomic E-state index is 16.8. The van der Waals surface area contributed by atoms with E-state index in [1.807, 2.05) is 0 Å². The molecule has 3 fully saturated rings. The third-order valence-electron chi connectivity index (χ3n) is 10.5. The van der Waals surface area contributed by atoms with Crippen LogP contribution in [-0.2, 0) is 52.0 Å². The molecule has 0 spiro atoms. The standard InChI is InChI=1S/C36H43BF2N12O10P2S/c1-2-3-4-5-6-23(52)42-11-24(53)49-20-9-7-19(8-10-20)14-64-63(55)57-13-22-29(25(38)35(59-22)50-17-47-27-31(40)43-15-45-33(27)50)60-62(37,54)56-12-21-30(61-63)26(39)36(58-21)51-18-48-28-32(41)44-16-46-34(28)51/h7-10,15-18,21-22,25-26,29-30,35-36H,2-6,11-14H2,1H3,(H,42,52)(H,49,53)(H2,40,43,45)(H2,41,44,46)/t21-,22-,25-,26-,29-,30-,35-,36-,62-,63-/m1/s1. The van der Waals surface area contributed by atoms with Crippen LogP contribution in [0.1, 0.15) is 57.0 Å². The number of hydrogen-bond acceptors (Lipinski definition) is 19. The summed E-state index contributed by atoms with van der Waals surface area (Å²) in [7, 11) is 1.31.